The summed E-state index contributed by atoms with van der Waals surface area (Å²) in [5.74, 6) is 1.06. The van der Waals surface area contributed by atoms with E-state index in [1.165, 1.54) is 11.1 Å². The van der Waals surface area contributed by atoms with E-state index in [2.05, 4.69) is 63.3 Å². The second kappa shape index (κ2) is 9.71. The molecule has 2 rings (SSSR count). The highest BCUT2D eigenvalue weighted by Gasteiger charge is 2.18. The molecule has 1 unspecified atom stereocenters. The Morgan fingerprint density at radius 1 is 0.917 bits per heavy atom. The van der Waals surface area contributed by atoms with Gasteiger partial charge >= 0.3 is 0 Å². The van der Waals surface area contributed by atoms with E-state index in [0.29, 0.717) is 17.7 Å². The average molecular weight is 348 g/mol. The lowest BCUT2D eigenvalue weighted by Gasteiger charge is -2.21. The summed E-state index contributed by atoms with van der Waals surface area (Å²) in [4.78, 5) is 0. The molecule has 0 aromatic heterocycles. The third-order valence-electron chi connectivity index (χ3n) is 4.28. The topological polar surface area (TPSA) is 32.3 Å². The van der Waals surface area contributed by atoms with E-state index in [-0.39, 0.29) is 18.3 Å². The van der Waals surface area contributed by atoms with Crippen LogP contribution in [0.4, 0.5) is 0 Å². The highest BCUT2D eigenvalue weighted by atomic mass is 35.5. The van der Waals surface area contributed by atoms with Crippen molar-refractivity contribution >= 4 is 12.4 Å². The van der Waals surface area contributed by atoms with Gasteiger partial charge in [-0.25, -0.2) is 0 Å². The summed E-state index contributed by atoms with van der Waals surface area (Å²) in [6, 6.07) is 17.0. The lowest BCUT2D eigenvalue weighted by Crippen LogP contribution is -2.25. The first kappa shape index (κ1) is 20.5. The van der Waals surface area contributed by atoms with Crippen LogP contribution in [0.1, 0.15) is 62.6 Å². The van der Waals surface area contributed by atoms with E-state index in [9.17, 15) is 5.11 Å². The van der Waals surface area contributed by atoms with Crippen molar-refractivity contribution in [2.45, 2.75) is 52.0 Å². The number of benzene rings is 2. The maximum absolute atomic E-state index is 10.4. The molecule has 0 saturated heterocycles. The highest BCUT2D eigenvalue weighted by Crippen LogP contribution is 2.35. The predicted molar refractivity (Wildman–Crippen MR) is 105 cm³/mol. The maximum Gasteiger partial charge on any atom is 0.119 e. The van der Waals surface area contributed by atoms with Gasteiger partial charge in [0, 0.05) is 17.5 Å². The fraction of sp³-hybridized carbons (Fsp3) is 0.429. The summed E-state index contributed by atoms with van der Waals surface area (Å²) in [5, 5.41) is 13.9. The van der Waals surface area contributed by atoms with Crippen molar-refractivity contribution in [1.82, 2.24) is 5.32 Å². The Balaban J connectivity index is 0.00000288. The van der Waals surface area contributed by atoms with Crippen LogP contribution in [-0.2, 0) is 0 Å². The van der Waals surface area contributed by atoms with Crippen LogP contribution in [0.2, 0.25) is 0 Å². The van der Waals surface area contributed by atoms with Crippen LogP contribution in [0.15, 0.2) is 48.5 Å². The minimum absolute atomic E-state index is 0. The third kappa shape index (κ3) is 5.54. The number of halogens is 1. The first-order valence-corrected chi connectivity index (χ1v) is 8.60. The third-order valence-corrected chi connectivity index (χ3v) is 4.28. The quantitative estimate of drug-likeness (QED) is 0.697. The van der Waals surface area contributed by atoms with Gasteiger partial charge in [-0.15, -0.1) is 12.4 Å². The Labute approximate surface area is 152 Å². The van der Waals surface area contributed by atoms with Gasteiger partial charge in [-0.2, -0.15) is 0 Å². The van der Waals surface area contributed by atoms with E-state index < -0.39 is 0 Å². The van der Waals surface area contributed by atoms with Gasteiger partial charge in [-0.3, -0.25) is 0 Å². The standard InChI is InChI=1S/C21H29NO.ClH/c1-15(2)18-10-11-21(23)20(14-18)19(12-13-22-16(3)4)17-8-6-5-7-9-17;/h5-11,14-16,19,22-23H,12-13H2,1-4H3;1H. The molecule has 0 spiro atoms. The summed E-state index contributed by atoms with van der Waals surface area (Å²) in [7, 11) is 0. The molecule has 0 radical (unpaired) electrons. The zero-order valence-electron chi connectivity index (χ0n) is 15.1. The number of nitrogens with one attached hydrogen (secondary N) is 1. The van der Waals surface area contributed by atoms with Crippen LogP contribution in [0, 0.1) is 0 Å². The molecule has 0 aliphatic heterocycles. The lowest BCUT2D eigenvalue weighted by molar-refractivity contribution is 0.459. The van der Waals surface area contributed by atoms with Crippen molar-refractivity contribution < 1.29 is 5.11 Å². The van der Waals surface area contributed by atoms with Gasteiger partial charge in [0.15, 0.2) is 0 Å². The molecule has 132 valence electrons. The average Bonchev–Trinajstić information content (AvgIpc) is 2.53. The van der Waals surface area contributed by atoms with Crippen molar-refractivity contribution in [3.8, 4) is 5.75 Å². The number of hydrogen-bond donors (Lipinski definition) is 2. The Bertz CT molecular complexity index is 610. The highest BCUT2D eigenvalue weighted by molar-refractivity contribution is 5.85. The van der Waals surface area contributed by atoms with Gasteiger partial charge in [-0.1, -0.05) is 70.2 Å². The van der Waals surface area contributed by atoms with Gasteiger partial charge in [0.2, 0.25) is 0 Å². The first-order valence-electron chi connectivity index (χ1n) is 8.60. The van der Waals surface area contributed by atoms with E-state index in [1.54, 1.807) is 0 Å². The van der Waals surface area contributed by atoms with Crippen molar-refractivity contribution in [3.05, 3.63) is 65.2 Å². The van der Waals surface area contributed by atoms with Crippen LogP contribution in [0.3, 0.4) is 0 Å². The van der Waals surface area contributed by atoms with Gasteiger partial charge in [0.25, 0.3) is 0 Å². The number of rotatable bonds is 7. The zero-order chi connectivity index (χ0) is 16.8. The summed E-state index contributed by atoms with van der Waals surface area (Å²) in [6.45, 7) is 9.63. The second-order valence-corrected chi connectivity index (χ2v) is 6.83. The molecule has 0 aliphatic rings. The lowest BCUT2D eigenvalue weighted by atomic mass is 9.86. The van der Waals surface area contributed by atoms with E-state index in [4.69, 9.17) is 0 Å². The van der Waals surface area contributed by atoms with E-state index >= 15 is 0 Å². The van der Waals surface area contributed by atoms with E-state index in [0.717, 1.165) is 18.5 Å². The molecule has 3 heteroatoms. The van der Waals surface area contributed by atoms with Crippen molar-refractivity contribution in [3.63, 3.8) is 0 Å². The molecule has 0 bridgehead atoms. The van der Waals surface area contributed by atoms with Crippen LogP contribution in [0.25, 0.3) is 0 Å². The molecule has 2 aromatic carbocycles. The number of phenols is 1. The fourth-order valence-corrected chi connectivity index (χ4v) is 2.91. The van der Waals surface area contributed by atoms with E-state index in [1.807, 2.05) is 18.2 Å². The molecule has 2 aromatic rings. The molecule has 24 heavy (non-hydrogen) atoms. The molecule has 2 nitrogen and oxygen atoms in total. The monoisotopic (exact) mass is 347 g/mol. The molecule has 0 heterocycles. The number of phenolic OH excluding ortho intramolecular Hbond substituents is 1. The molecule has 1 atom stereocenters. The minimum Gasteiger partial charge on any atom is -0.508 e. The first-order chi connectivity index (χ1) is 11.0. The van der Waals surface area contributed by atoms with Crippen LogP contribution >= 0.6 is 12.4 Å². The van der Waals surface area contributed by atoms with Crippen LogP contribution < -0.4 is 5.32 Å². The Morgan fingerprint density at radius 3 is 2.17 bits per heavy atom. The summed E-state index contributed by atoms with van der Waals surface area (Å²) < 4.78 is 0. The van der Waals surface area contributed by atoms with Gasteiger partial charge in [-0.05, 0) is 36.1 Å². The molecule has 0 saturated carbocycles. The normalized spacial score (nSPS) is 12.2. The van der Waals surface area contributed by atoms with Crippen molar-refractivity contribution in [2.24, 2.45) is 0 Å². The number of aromatic hydroxyl groups is 1. The Hall–Kier alpha value is -1.51. The largest absolute Gasteiger partial charge is 0.508 e. The molecule has 2 N–H and O–H groups in total. The molecule has 0 amide bonds. The summed E-state index contributed by atoms with van der Waals surface area (Å²) in [6.07, 6.45) is 0.970. The number of hydrogen-bond acceptors (Lipinski definition) is 2. The van der Waals surface area contributed by atoms with Crippen LogP contribution in [-0.4, -0.2) is 17.7 Å². The SMILES string of the molecule is CC(C)NCCC(c1ccccc1)c1cc(C(C)C)ccc1O.Cl. The predicted octanol–water partition coefficient (Wildman–Crippen LogP) is 5.46. The van der Waals surface area contributed by atoms with Gasteiger partial charge in [0.1, 0.15) is 5.75 Å². The molecule has 0 aliphatic carbocycles. The Morgan fingerprint density at radius 2 is 1.58 bits per heavy atom. The van der Waals surface area contributed by atoms with Gasteiger partial charge in [0.05, 0.1) is 0 Å². The zero-order valence-corrected chi connectivity index (χ0v) is 15.9. The second-order valence-electron chi connectivity index (χ2n) is 6.83. The molecule has 0 fully saturated rings. The Kier molecular flexibility index (Phi) is 8.30. The van der Waals surface area contributed by atoms with Crippen molar-refractivity contribution in [1.29, 1.82) is 0 Å². The fourth-order valence-electron chi connectivity index (χ4n) is 2.91. The molecular weight excluding hydrogens is 318 g/mol. The van der Waals surface area contributed by atoms with Crippen molar-refractivity contribution in [2.75, 3.05) is 6.54 Å². The van der Waals surface area contributed by atoms with Gasteiger partial charge < -0.3 is 10.4 Å². The maximum atomic E-state index is 10.4. The summed E-state index contributed by atoms with van der Waals surface area (Å²) >= 11 is 0. The van der Waals surface area contributed by atoms with Crippen LogP contribution in [0.5, 0.6) is 5.75 Å². The minimum atomic E-state index is 0. The smallest absolute Gasteiger partial charge is 0.119 e. The summed E-state index contributed by atoms with van der Waals surface area (Å²) in [5.41, 5.74) is 3.57. The molecular formula is C21H30ClNO.